The van der Waals surface area contributed by atoms with Crippen molar-refractivity contribution in [1.82, 2.24) is 0 Å². The fourth-order valence-electron chi connectivity index (χ4n) is 22.0. The Bertz CT molecular complexity index is 9300. The highest BCUT2D eigenvalue weighted by atomic mass is 14.3. The van der Waals surface area contributed by atoms with Gasteiger partial charge in [0.15, 0.2) is 0 Å². The molecule has 27 rings (SSSR count). The zero-order valence-electron chi connectivity index (χ0n) is 74.8. The van der Waals surface area contributed by atoms with Gasteiger partial charge in [-0.25, -0.2) is 0 Å². The van der Waals surface area contributed by atoms with Gasteiger partial charge in [0.25, 0.3) is 0 Å². The van der Waals surface area contributed by atoms with Gasteiger partial charge in [0.2, 0.25) is 0 Å². The summed E-state index contributed by atoms with van der Waals surface area (Å²) in [7, 11) is 0. The Kier molecular flexibility index (Phi) is 20.4. The lowest BCUT2D eigenvalue weighted by Gasteiger charge is -2.21. The monoisotopic (exact) mass is 1720 g/mol. The zero-order chi connectivity index (χ0) is 89.9. The lowest BCUT2D eigenvalue weighted by atomic mass is 9.82. The van der Waals surface area contributed by atoms with Gasteiger partial charge in [0.1, 0.15) is 0 Å². The van der Waals surface area contributed by atoms with E-state index in [0.717, 1.165) is 0 Å². The predicted molar refractivity (Wildman–Crippen MR) is 587 cm³/mol. The van der Waals surface area contributed by atoms with Crippen LogP contribution in [0.1, 0.15) is 0 Å². The van der Waals surface area contributed by atoms with Crippen molar-refractivity contribution in [3.05, 3.63) is 534 Å². The molecule has 0 N–H and O–H groups in total. The van der Waals surface area contributed by atoms with Crippen LogP contribution in [-0.4, -0.2) is 0 Å². The first-order valence-corrected chi connectivity index (χ1v) is 47.2. The number of rotatable bonds is 11. The van der Waals surface area contributed by atoms with Gasteiger partial charge in [0.05, 0.1) is 0 Å². The predicted octanol–water partition coefficient (Wildman–Crippen LogP) is 38.4. The van der Waals surface area contributed by atoms with Crippen LogP contribution in [0.5, 0.6) is 0 Å². The van der Waals surface area contributed by atoms with E-state index in [2.05, 4.69) is 534 Å². The Morgan fingerprint density at radius 3 is 0.728 bits per heavy atom. The van der Waals surface area contributed by atoms with Crippen molar-refractivity contribution in [2.45, 2.75) is 0 Å². The maximum absolute atomic E-state index is 2.46. The summed E-state index contributed by atoms with van der Waals surface area (Å²) in [6.07, 6.45) is 0. The van der Waals surface area contributed by atoms with Crippen molar-refractivity contribution in [3.8, 4) is 122 Å². The quantitative estimate of drug-likeness (QED) is 0.0894. The van der Waals surface area contributed by atoms with Crippen LogP contribution in [0, 0.1) is 0 Å². The Labute approximate surface area is 790 Å². The molecule has 0 aliphatic carbocycles. The van der Waals surface area contributed by atoms with Gasteiger partial charge >= 0.3 is 0 Å². The smallest absolute Gasteiger partial charge is 0.00201 e. The molecule has 0 amide bonds. The molecule has 0 radical (unpaired) electrons. The lowest BCUT2D eigenvalue weighted by molar-refractivity contribution is 1.60. The zero-order valence-corrected chi connectivity index (χ0v) is 74.8. The highest BCUT2D eigenvalue weighted by Gasteiger charge is 2.26. The molecule has 0 spiro atoms. The van der Waals surface area contributed by atoms with Crippen molar-refractivity contribution >= 4 is 140 Å². The van der Waals surface area contributed by atoms with E-state index in [-0.39, 0.29) is 0 Å². The average Bonchev–Trinajstić information content (AvgIpc) is 0.732. The standard InChI is InChI=1S/C50H32.C48H30.C38H26/c1-3-17-34(18-4-1)47-39-23-9-10-24-40(39)48(35-19-5-2-6-20-35)46-32-36(30-31-45(46)47)49-41-25-11-13-27-43(41)50(44-28-14-12-26-42(44)49)38-29-15-21-33-16-7-8-22-37(33)38;1-3-13-33-27-37(23-21-31(33)11-1)47-42-19-9-10-20-43(42)48(38-24-22-32-12-2-4-14-34(32)28-38)46-30-36(25-26-44(46)47)45-29-35-15-5-6-16-39(35)40-17-7-8-18-41(40)45;1-4-12-27(13-5-1)28-20-22-29(23-21-28)32-24-25-35-36(26-32)38(31-16-8-3-9-17-31)34-19-11-10-18-33(34)37(35)30-14-6-2-7-15-30/h1-32H;1-30H;1-26H. The molecule has 27 aromatic carbocycles. The maximum atomic E-state index is 2.46. The van der Waals surface area contributed by atoms with Gasteiger partial charge < -0.3 is 0 Å². The van der Waals surface area contributed by atoms with E-state index < -0.39 is 0 Å². The van der Waals surface area contributed by atoms with E-state index in [1.54, 1.807) is 0 Å². The summed E-state index contributed by atoms with van der Waals surface area (Å²) in [5.74, 6) is 0. The molecule has 0 unspecified atom stereocenters. The van der Waals surface area contributed by atoms with E-state index in [1.165, 1.54) is 262 Å². The average molecular weight is 1720 g/mol. The minimum atomic E-state index is 1.22. The lowest BCUT2D eigenvalue weighted by Crippen LogP contribution is -1.93. The van der Waals surface area contributed by atoms with Crippen LogP contribution in [0.3, 0.4) is 0 Å². The fourth-order valence-corrected chi connectivity index (χ4v) is 22.0. The Balaban J connectivity index is 0.000000110. The minimum absolute atomic E-state index is 1.22. The second-order valence-electron chi connectivity index (χ2n) is 35.8. The van der Waals surface area contributed by atoms with Crippen LogP contribution < -0.4 is 0 Å². The van der Waals surface area contributed by atoms with Crippen LogP contribution in [0.4, 0.5) is 0 Å². The van der Waals surface area contributed by atoms with E-state index >= 15 is 0 Å². The summed E-state index contributed by atoms with van der Waals surface area (Å²) < 4.78 is 0. The summed E-state index contributed by atoms with van der Waals surface area (Å²) >= 11 is 0. The van der Waals surface area contributed by atoms with Crippen molar-refractivity contribution in [2.24, 2.45) is 0 Å². The molecule has 0 atom stereocenters. The van der Waals surface area contributed by atoms with E-state index in [0.29, 0.717) is 0 Å². The highest BCUT2D eigenvalue weighted by molar-refractivity contribution is 6.29. The first-order valence-electron chi connectivity index (χ1n) is 47.2. The van der Waals surface area contributed by atoms with Crippen LogP contribution in [-0.2, 0) is 0 Å². The molecule has 0 fully saturated rings. The van der Waals surface area contributed by atoms with Crippen molar-refractivity contribution in [3.63, 3.8) is 0 Å². The molecule has 0 saturated heterocycles. The summed E-state index contributed by atoms with van der Waals surface area (Å²) in [6.45, 7) is 0. The van der Waals surface area contributed by atoms with Crippen molar-refractivity contribution in [2.75, 3.05) is 0 Å². The van der Waals surface area contributed by atoms with Gasteiger partial charge in [0, 0.05) is 0 Å². The first-order chi connectivity index (χ1) is 67.5. The van der Waals surface area contributed by atoms with Gasteiger partial charge in [-0.3, -0.25) is 0 Å². The minimum Gasteiger partial charge on any atom is -0.0622 e. The SMILES string of the molecule is c1ccc(-c2c3ccccc3c(-c3ccccc3)c3cc(-c4c5ccccc5c(-c5cccc6ccccc56)c5ccccc45)ccc23)cc1.c1ccc(-c2ccc(-c3ccc4c(-c5ccccc5)c5ccccc5c(-c5ccccc5)c4c3)cc2)cc1.c1ccc2cc(-c3c4ccccc4c(-c4ccc5ccccc5c4)c4cc(-c5cc6ccccc6c6ccccc56)ccc34)ccc2c1. The van der Waals surface area contributed by atoms with Gasteiger partial charge in [-0.1, -0.05) is 497 Å². The molecule has 0 bridgehead atoms. The normalized spacial score (nSPS) is 11.5. The molecule has 27 aromatic rings. The van der Waals surface area contributed by atoms with Crippen molar-refractivity contribution in [1.29, 1.82) is 0 Å². The third-order valence-corrected chi connectivity index (χ3v) is 28.1. The van der Waals surface area contributed by atoms with Crippen LogP contribution in [0.25, 0.3) is 262 Å². The van der Waals surface area contributed by atoms with Gasteiger partial charge in [-0.2, -0.15) is 0 Å². The molecular weight excluding hydrogens is 1630 g/mol. The fraction of sp³-hybridized carbons (Fsp3) is 0. The van der Waals surface area contributed by atoms with Gasteiger partial charge in [-0.05, 0) is 299 Å². The molecule has 0 aliphatic rings. The molecule has 632 valence electrons. The van der Waals surface area contributed by atoms with Crippen molar-refractivity contribution < 1.29 is 0 Å². The van der Waals surface area contributed by atoms with E-state index in [1.807, 2.05) is 0 Å². The van der Waals surface area contributed by atoms with E-state index in [4.69, 9.17) is 0 Å². The molecular formula is C136H88. The van der Waals surface area contributed by atoms with Crippen LogP contribution in [0.15, 0.2) is 534 Å². The topological polar surface area (TPSA) is 0 Å². The number of benzene rings is 27. The maximum Gasteiger partial charge on any atom is -0.00201 e. The second-order valence-corrected chi connectivity index (χ2v) is 35.8. The molecule has 0 aliphatic heterocycles. The highest BCUT2D eigenvalue weighted by Crippen LogP contribution is 2.53. The third-order valence-electron chi connectivity index (χ3n) is 28.1. The summed E-state index contributed by atoms with van der Waals surface area (Å²) in [4.78, 5) is 0. The largest absolute Gasteiger partial charge is 0.0622 e. The Morgan fingerprint density at radius 2 is 0.309 bits per heavy atom. The number of hydrogen-bond donors (Lipinski definition) is 0. The summed E-state index contributed by atoms with van der Waals surface area (Å²) in [5.41, 5.74) is 27.6. The molecule has 0 heterocycles. The Hall–Kier alpha value is -17.7. The van der Waals surface area contributed by atoms with E-state index in [9.17, 15) is 0 Å². The molecule has 0 saturated carbocycles. The Morgan fingerprint density at radius 1 is 0.0735 bits per heavy atom. The molecule has 0 heteroatoms. The van der Waals surface area contributed by atoms with Gasteiger partial charge in [-0.15, -0.1) is 0 Å². The number of fused-ring (bicyclic) bond motifs is 14. The van der Waals surface area contributed by atoms with Crippen LogP contribution in [0.2, 0.25) is 0 Å². The summed E-state index contributed by atoms with van der Waals surface area (Å²) in [6, 6.07) is 195. The molecule has 0 nitrogen and oxygen atoms in total. The summed E-state index contributed by atoms with van der Waals surface area (Å²) in [5, 5.41) is 33.0. The second kappa shape index (κ2) is 34.6. The first kappa shape index (κ1) is 80.4. The number of hydrogen-bond acceptors (Lipinski definition) is 0. The molecule has 0 aromatic heterocycles. The molecule has 136 heavy (non-hydrogen) atoms. The van der Waals surface area contributed by atoms with Crippen LogP contribution >= 0.6 is 0 Å². The third kappa shape index (κ3) is 14.3.